The van der Waals surface area contributed by atoms with Gasteiger partial charge in [-0.25, -0.2) is 19.9 Å². The number of pyridine rings is 2. The molecule has 33 heavy (non-hydrogen) atoms. The van der Waals surface area contributed by atoms with Gasteiger partial charge in [0.1, 0.15) is 33.5 Å². The Labute approximate surface area is 200 Å². The van der Waals surface area contributed by atoms with Crippen molar-refractivity contribution in [2.45, 2.75) is 34.8 Å². The second-order valence-electron chi connectivity index (χ2n) is 8.39. The largest absolute Gasteiger partial charge is 0.487 e. The van der Waals surface area contributed by atoms with Crippen LogP contribution in [0.15, 0.2) is 64.8 Å². The molecule has 6 rings (SSSR count). The lowest BCUT2D eigenvalue weighted by Gasteiger charge is -2.39. The second-order valence-corrected chi connectivity index (χ2v) is 9.83. The van der Waals surface area contributed by atoms with Gasteiger partial charge in [0, 0.05) is 43.4 Å². The van der Waals surface area contributed by atoms with E-state index in [0.717, 1.165) is 59.4 Å². The lowest BCUT2D eigenvalue weighted by Crippen LogP contribution is -2.47. The molecule has 2 aliphatic rings. The molecule has 0 aliphatic carbocycles. The number of rotatable bonds is 3. The predicted octanol–water partition coefficient (Wildman–Crippen LogP) is 4.78. The van der Waals surface area contributed by atoms with Crippen LogP contribution < -0.4 is 15.4 Å². The Morgan fingerprint density at radius 2 is 1.88 bits per heavy atom. The van der Waals surface area contributed by atoms with Crippen LogP contribution in [0.5, 0.6) is 5.75 Å². The molecule has 3 aromatic heterocycles. The summed E-state index contributed by atoms with van der Waals surface area (Å²) in [7, 11) is 0. The van der Waals surface area contributed by atoms with Crippen molar-refractivity contribution < 1.29 is 4.74 Å². The minimum Gasteiger partial charge on any atom is -0.487 e. The van der Waals surface area contributed by atoms with Crippen LogP contribution in [-0.4, -0.2) is 38.6 Å². The van der Waals surface area contributed by atoms with Gasteiger partial charge in [-0.3, -0.25) is 0 Å². The molecule has 166 valence electrons. The molecule has 0 atom stereocenters. The van der Waals surface area contributed by atoms with E-state index in [0.29, 0.717) is 16.5 Å². The zero-order valence-electron chi connectivity index (χ0n) is 17.7. The molecule has 0 radical (unpaired) electrons. The van der Waals surface area contributed by atoms with Gasteiger partial charge in [0.05, 0.1) is 11.2 Å². The number of anilines is 2. The van der Waals surface area contributed by atoms with Crippen LogP contribution in [0.25, 0.3) is 11.2 Å². The second kappa shape index (κ2) is 8.04. The number of nitrogens with two attached hydrogens (primary N) is 1. The van der Waals surface area contributed by atoms with Gasteiger partial charge in [0.25, 0.3) is 0 Å². The number of halogens is 1. The van der Waals surface area contributed by atoms with E-state index in [4.69, 9.17) is 27.1 Å². The van der Waals surface area contributed by atoms with Crippen molar-refractivity contribution in [1.82, 2.24) is 19.9 Å². The molecule has 0 amide bonds. The molecule has 5 heterocycles. The first-order chi connectivity index (χ1) is 16.1. The van der Waals surface area contributed by atoms with Crippen LogP contribution in [0.3, 0.4) is 0 Å². The maximum absolute atomic E-state index is 6.37. The van der Waals surface area contributed by atoms with E-state index >= 15 is 0 Å². The number of nitrogen functional groups attached to an aromatic ring is 1. The minimum atomic E-state index is -0.0875. The summed E-state index contributed by atoms with van der Waals surface area (Å²) in [5.41, 5.74) is 8.39. The first-order valence-corrected chi connectivity index (χ1v) is 12.0. The van der Waals surface area contributed by atoms with Crippen molar-refractivity contribution in [3.05, 3.63) is 65.4 Å². The van der Waals surface area contributed by atoms with Crippen molar-refractivity contribution >= 4 is 46.2 Å². The van der Waals surface area contributed by atoms with E-state index in [1.54, 1.807) is 6.20 Å². The van der Waals surface area contributed by atoms with Gasteiger partial charge < -0.3 is 15.4 Å². The van der Waals surface area contributed by atoms with E-state index in [9.17, 15) is 0 Å². The van der Waals surface area contributed by atoms with E-state index in [2.05, 4.69) is 38.1 Å². The normalized spacial score (nSPS) is 16.7. The molecular weight excluding hydrogens is 456 g/mol. The van der Waals surface area contributed by atoms with Gasteiger partial charge in [-0.15, -0.1) is 0 Å². The summed E-state index contributed by atoms with van der Waals surface area (Å²) in [5, 5.41) is 1.21. The molecule has 0 saturated carbocycles. The molecule has 1 aromatic carbocycles. The maximum Gasteiger partial charge on any atom is 0.179 e. The van der Waals surface area contributed by atoms with Crippen LogP contribution in [0.1, 0.15) is 18.4 Å². The molecule has 7 nitrogen and oxygen atoms in total. The minimum absolute atomic E-state index is 0.0875. The van der Waals surface area contributed by atoms with Gasteiger partial charge in [0.15, 0.2) is 5.65 Å². The summed E-state index contributed by atoms with van der Waals surface area (Å²) < 4.78 is 6.37. The quantitative estimate of drug-likeness (QED) is 0.451. The predicted molar refractivity (Wildman–Crippen MR) is 130 cm³/mol. The Kier molecular flexibility index (Phi) is 4.99. The SMILES string of the molecule is Nc1nccc(Sc2ccc3nc(N4CCC5(CC4)Cc4ccccc4O5)cnc3n2)c1Cl. The van der Waals surface area contributed by atoms with Gasteiger partial charge >= 0.3 is 0 Å². The van der Waals surface area contributed by atoms with E-state index in [-0.39, 0.29) is 5.60 Å². The molecule has 9 heteroatoms. The average molecular weight is 477 g/mol. The highest BCUT2D eigenvalue weighted by Crippen LogP contribution is 2.41. The van der Waals surface area contributed by atoms with E-state index < -0.39 is 0 Å². The molecule has 1 fully saturated rings. The molecule has 1 spiro atoms. The lowest BCUT2D eigenvalue weighted by atomic mass is 9.87. The highest BCUT2D eigenvalue weighted by Gasteiger charge is 2.42. The highest BCUT2D eigenvalue weighted by atomic mass is 35.5. The maximum atomic E-state index is 6.37. The topological polar surface area (TPSA) is 90.0 Å². The third-order valence-electron chi connectivity index (χ3n) is 6.27. The van der Waals surface area contributed by atoms with Gasteiger partial charge in [-0.05, 0) is 29.8 Å². The van der Waals surface area contributed by atoms with Crippen molar-refractivity contribution in [3.63, 3.8) is 0 Å². The zero-order chi connectivity index (χ0) is 22.4. The number of aromatic nitrogens is 4. The first-order valence-electron chi connectivity index (χ1n) is 10.8. The monoisotopic (exact) mass is 476 g/mol. The first kappa shape index (κ1) is 20.5. The third-order valence-corrected chi connectivity index (χ3v) is 7.78. The Morgan fingerprint density at radius 1 is 1.03 bits per heavy atom. The summed E-state index contributed by atoms with van der Waals surface area (Å²) in [6.45, 7) is 1.77. The van der Waals surface area contributed by atoms with E-state index in [1.807, 2.05) is 30.5 Å². The van der Waals surface area contributed by atoms with Gasteiger partial charge in [-0.2, -0.15) is 0 Å². The number of hydrogen-bond donors (Lipinski definition) is 1. The Hall–Kier alpha value is -3.10. The molecule has 0 unspecified atom stereocenters. The smallest absolute Gasteiger partial charge is 0.179 e. The fourth-order valence-corrected chi connectivity index (χ4v) is 5.55. The highest BCUT2D eigenvalue weighted by molar-refractivity contribution is 7.99. The van der Waals surface area contributed by atoms with Gasteiger partial charge in [0.2, 0.25) is 0 Å². The summed E-state index contributed by atoms with van der Waals surface area (Å²) in [5.74, 6) is 2.22. The van der Waals surface area contributed by atoms with Crippen LogP contribution in [0.4, 0.5) is 11.6 Å². The van der Waals surface area contributed by atoms with Crippen LogP contribution in [0.2, 0.25) is 5.02 Å². The molecule has 2 aliphatic heterocycles. The number of ether oxygens (including phenoxy) is 1. The number of fused-ring (bicyclic) bond motifs is 2. The standard InChI is InChI=1S/C24H21ClN6OS/c25-21-18(7-10-27-22(21)26)33-20-6-5-16-23(30-20)28-14-19(29-16)31-11-8-24(9-12-31)13-15-3-1-2-4-17(15)32-24/h1-7,10,14H,8-9,11-13H2,(H2,26,27). The Balaban J connectivity index is 1.17. The average Bonchev–Trinajstić information content (AvgIpc) is 3.20. The Morgan fingerprint density at radius 3 is 2.73 bits per heavy atom. The Bertz CT molecular complexity index is 1330. The lowest BCUT2D eigenvalue weighted by molar-refractivity contribution is 0.0666. The van der Waals surface area contributed by atoms with Crippen LogP contribution in [-0.2, 0) is 6.42 Å². The number of para-hydroxylation sites is 1. The molecule has 1 saturated heterocycles. The number of nitrogens with zero attached hydrogens (tertiary/aromatic N) is 5. The van der Waals surface area contributed by atoms with Crippen LogP contribution >= 0.6 is 23.4 Å². The molecule has 2 N–H and O–H groups in total. The third kappa shape index (κ3) is 3.83. The fraction of sp³-hybridized carbons (Fsp3) is 0.250. The molecule has 4 aromatic rings. The fourth-order valence-electron chi connectivity index (χ4n) is 4.51. The zero-order valence-corrected chi connectivity index (χ0v) is 19.3. The number of hydrogen-bond acceptors (Lipinski definition) is 8. The van der Waals surface area contributed by atoms with E-state index in [1.165, 1.54) is 17.3 Å². The summed E-state index contributed by atoms with van der Waals surface area (Å²) in [6, 6.07) is 14.1. The van der Waals surface area contributed by atoms with Crippen molar-refractivity contribution in [1.29, 1.82) is 0 Å². The summed E-state index contributed by atoms with van der Waals surface area (Å²) in [6.07, 6.45) is 6.35. The molecular formula is C24H21ClN6OS. The van der Waals surface area contributed by atoms with Crippen molar-refractivity contribution in [2.24, 2.45) is 0 Å². The number of benzene rings is 1. The number of piperidine rings is 1. The van der Waals surface area contributed by atoms with Gasteiger partial charge in [-0.1, -0.05) is 41.6 Å². The molecule has 0 bridgehead atoms. The summed E-state index contributed by atoms with van der Waals surface area (Å²) in [4.78, 5) is 21.1. The van der Waals surface area contributed by atoms with Crippen LogP contribution in [0, 0.1) is 0 Å². The summed E-state index contributed by atoms with van der Waals surface area (Å²) >= 11 is 7.69. The van der Waals surface area contributed by atoms with Crippen molar-refractivity contribution in [3.8, 4) is 5.75 Å². The van der Waals surface area contributed by atoms with Crippen molar-refractivity contribution in [2.75, 3.05) is 23.7 Å².